The number of hydrogen-bond acceptors (Lipinski definition) is 3. The predicted octanol–water partition coefficient (Wildman–Crippen LogP) is 2.02. The zero-order chi connectivity index (χ0) is 11.0. The van der Waals surface area contributed by atoms with Gasteiger partial charge in [-0.15, -0.1) is 0 Å². The maximum atomic E-state index is 5.44. The third-order valence-corrected chi connectivity index (χ3v) is 4.07. The summed E-state index contributed by atoms with van der Waals surface area (Å²) in [6, 6.07) is 5.04. The summed E-state index contributed by atoms with van der Waals surface area (Å²) in [6.45, 7) is 6.06. The number of fused-ring (bicyclic) bond motifs is 2. The molecule has 3 heterocycles. The first kappa shape index (κ1) is 10.4. The van der Waals surface area contributed by atoms with Crippen molar-refractivity contribution >= 4 is 0 Å². The van der Waals surface area contributed by atoms with Crippen LogP contribution in [-0.2, 0) is 0 Å². The fourth-order valence-electron chi connectivity index (χ4n) is 3.11. The second-order valence-corrected chi connectivity index (χ2v) is 5.15. The fraction of sp³-hybridized carbons (Fsp3) is 0.692. The molecule has 3 rings (SSSR count). The molecule has 3 nitrogen and oxygen atoms in total. The summed E-state index contributed by atoms with van der Waals surface area (Å²) in [6.07, 6.45) is 4.41. The standard InChI is InChI=1S/C13H20N2O/c1-10(13-3-2-8-16-13)14-12-5-7-15-6-4-11(12)9-15/h2-3,8,10-12,14H,4-7,9H2,1H3/t10-,11?,12?/m1/s1. The minimum atomic E-state index is 0.340. The minimum absolute atomic E-state index is 0.340. The van der Waals surface area contributed by atoms with E-state index in [1.807, 2.05) is 6.07 Å². The molecule has 2 bridgehead atoms. The summed E-state index contributed by atoms with van der Waals surface area (Å²) in [4.78, 5) is 2.58. The number of hydrogen-bond donors (Lipinski definition) is 1. The van der Waals surface area contributed by atoms with Crippen LogP contribution in [0.3, 0.4) is 0 Å². The molecule has 16 heavy (non-hydrogen) atoms. The summed E-state index contributed by atoms with van der Waals surface area (Å²) in [5.41, 5.74) is 0. The molecule has 4 atom stereocenters. The van der Waals surface area contributed by atoms with E-state index in [9.17, 15) is 0 Å². The van der Waals surface area contributed by atoms with E-state index in [2.05, 4.69) is 23.2 Å². The first-order valence-electron chi connectivity index (χ1n) is 6.35. The third-order valence-electron chi connectivity index (χ3n) is 4.07. The van der Waals surface area contributed by atoms with Crippen molar-refractivity contribution in [3.8, 4) is 0 Å². The number of furan rings is 1. The molecule has 1 aromatic heterocycles. The Labute approximate surface area is 96.8 Å². The van der Waals surface area contributed by atoms with Gasteiger partial charge in [-0.05, 0) is 50.9 Å². The molecule has 3 heteroatoms. The Kier molecular flexibility index (Phi) is 2.74. The van der Waals surface area contributed by atoms with Crippen LogP contribution in [0.5, 0.6) is 0 Å². The normalized spacial score (nSPS) is 35.2. The first-order chi connectivity index (χ1) is 7.83. The Morgan fingerprint density at radius 3 is 3.12 bits per heavy atom. The largest absolute Gasteiger partial charge is 0.468 e. The highest BCUT2D eigenvalue weighted by Crippen LogP contribution is 2.28. The van der Waals surface area contributed by atoms with Gasteiger partial charge in [0.25, 0.3) is 0 Å². The van der Waals surface area contributed by atoms with Crippen molar-refractivity contribution in [1.29, 1.82) is 0 Å². The molecule has 2 aliphatic rings. The highest BCUT2D eigenvalue weighted by atomic mass is 16.3. The Morgan fingerprint density at radius 2 is 2.31 bits per heavy atom. The summed E-state index contributed by atoms with van der Waals surface area (Å²) in [5.74, 6) is 1.91. The van der Waals surface area contributed by atoms with Gasteiger partial charge in [0.2, 0.25) is 0 Å². The smallest absolute Gasteiger partial charge is 0.120 e. The van der Waals surface area contributed by atoms with Crippen molar-refractivity contribution in [2.45, 2.75) is 31.8 Å². The van der Waals surface area contributed by atoms with E-state index < -0.39 is 0 Å². The van der Waals surface area contributed by atoms with Gasteiger partial charge in [0, 0.05) is 12.6 Å². The molecule has 0 saturated carbocycles. The Hall–Kier alpha value is -0.800. The van der Waals surface area contributed by atoms with Gasteiger partial charge in [0.05, 0.1) is 12.3 Å². The lowest BCUT2D eigenvalue weighted by atomic mass is 9.93. The molecule has 0 radical (unpaired) electrons. The predicted molar refractivity (Wildman–Crippen MR) is 63.2 cm³/mol. The monoisotopic (exact) mass is 220 g/mol. The van der Waals surface area contributed by atoms with Gasteiger partial charge >= 0.3 is 0 Å². The lowest BCUT2D eigenvalue weighted by Gasteiger charge is -2.32. The quantitative estimate of drug-likeness (QED) is 0.845. The molecular formula is C13H20N2O. The Bertz CT molecular complexity index is 336. The van der Waals surface area contributed by atoms with Gasteiger partial charge in [0.1, 0.15) is 5.76 Å². The van der Waals surface area contributed by atoms with Crippen LogP contribution in [-0.4, -0.2) is 30.6 Å². The molecule has 3 unspecified atom stereocenters. The van der Waals surface area contributed by atoms with E-state index in [0.717, 1.165) is 11.7 Å². The molecule has 0 aliphatic carbocycles. The van der Waals surface area contributed by atoms with Gasteiger partial charge in [-0.2, -0.15) is 0 Å². The average Bonchev–Trinajstić information content (AvgIpc) is 2.93. The number of nitrogens with one attached hydrogen (secondary N) is 1. The number of nitrogens with zero attached hydrogens (tertiary/aromatic N) is 1. The van der Waals surface area contributed by atoms with Crippen molar-refractivity contribution in [2.75, 3.05) is 19.6 Å². The van der Waals surface area contributed by atoms with Gasteiger partial charge in [-0.3, -0.25) is 0 Å². The first-order valence-corrected chi connectivity index (χ1v) is 6.35. The van der Waals surface area contributed by atoms with Gasteiger partial charge in [-0.1, -0.05) is 0 Å². The lowest BCUT2D eigenvalue weighted by molar-refractivity contribution is 0.207. The van der Waals surface area contributed by atoms with Crippen LogP contribution in [0.4, 0.5) is 0 Å². The molecule has 2 saturated heterocycles. The van der Waals surface area contributed by atoms with Crippen molar-refractivity contribution in [3.63, 3.8) is 0 Å². The maximum Gasteiger partial charge on any atom is 0.120 e. The van der Waals surface area contributed by atoms with Crippen LogP contribution in [0.2, 0.25) is 0 Å². The third kappa shape index (κ3) is 1.89. The van der Waals surface area contributed by atoms with Crippen LogP contribution in [0.1, 0.15) is 31.6 Å². The SMILES string of the molecule is C[C@@H](NC1CCN2CCC1C2)c1ccco1. The topological polar surface area (TPSA) is 28.4 Å². The van der Waals surface area contributed by atoms with Gasteiger partial charge in [-0.25, -0.2) is 0 Å². The second-order valence-electron chi connectivity index (χ2n) is 5.15. The zero-order valence-electron chi connectivity index (χ0n) is 9.86. The van der Waals surface area contributed by atoms with Crippen LogP contribution in [0.15, 0.2) is 22.8 Å². The van der Waals surface area contributed by atoms with Crippen LogP contribution in [0.25, 0.3) is 0 Å². The molecular weight excluding hydrogens is 200 g/mol. The summed E-state index contributed by atoms with van der Waals surface area (Å²) in [5, 5.41) is 3.73. The fourth-order valence-corrected chi connectivity index (χ4v) is 3.11. The van der Waals surface area contributed by atoms with E-state index in [0.29, 0.717) is 12.1 Å². The minimum Gasteiger partial charge on any atom is -0.468 e. The van der Waals surface area contributed by atoms with Crippen molar-refractivity contribution in [3.05, 3.63) is 24.2 Å². The number of piperidine rings is 1. The highest BCUT2D eigenvalue weighted by Gasteiger charge is 2.34. The van der Waals surface area contributed by atoms with E-state index in [-0.39, 0.29) is 0 Å². The van der Waals surface area contributed by atoms with Crippen LogP contribution < -0.4 is 5.32 Å². The van der Waals surface area contributed by atoms with E-state index in [1.54, 1.807) is 6.26 Å². The zero-order valence-corrected chi connectivity index (χ0v) is 9.86. The Balaban J connectivity index is 1.62. The van der Waals surface area contributed by atoms with E-state index in [4.69, 9.17) is 4.42 Å². The van der Waals surface area contributed by atoms with Crippen molar-refractivity contribution in [1.82, 2.24) is 10.2 Å². The molecule has 1 aromatic rings. The summed E-state index contributed by atoms with van der Waals surface area (Å²) < 4.78 is 5.44. The molecule has 0 spiro atoms. The molecule has 88 valence electrons. The molecule has 2 fully saturated rings. The average molecular weight is 220 g/mol. The van der Waals surface area contributed by atoms with E-state index >= 15 is 0 Å². The van der Waals surface area contributed by atoms with Gasteiger partial charge in [0.15, 0.2) is 0 Å². The Morgan fingerprint density at radius 1 is 1.44 bits per heavy atom. The van der Waals surface area contributed by atoms with Crippen LogP contribution >= 0.6 is 0 Å². The maximum absolute atomic E-state index is 5.44. The molecule has 2 aliphatic heterocycles. The summed E-state index contributed by atoms with van der Waals surface area (Å²) >= 11 is 0. The molecule has 1 N–H and O–H groups in total. The summed E-state index contributed by atoms with van der Waals surface area (Å²) in [7, 11) is 0. The second kappa shape index (κ2) is 4.22. The van der Waals surface area contributed by atoms with Gasteiger partial charge < -0.3 is 14.6 Å². The van der Waals surface area contributed by atoms with Crippen LogP contribution in [0, 0.1) is 5.92 Å². The highest BCUT2D eigenvalue weighted by molar-refractivity contribution is 5.04. The number of rotatable bonds is 3. The lowest BCUT2D eigenvalue weighted by Crippen LogP contribution is -2.44. The van der Waals surface area contributed by atoms with E-state index in [1.165, 1.54) is 32.5 Å². The molecule has 0 amide bonds. The van der Waals surface area contributed by atoms with Crippen molar-refractivity contribution in [2.24, 2.45) is 5.92 Å². The van der Waals surface area contributed by atoms with Crippen molar-refractivity contribution < 1.29 is 4.42 Å². The molecule has 0 aromatic carbocycles.